The Morgan fingerprint density at radius 3 is 2.88 bits per heavy atom. The van der Waals surface area contributed by atoms with E-state index in [1.165, 1.54) is 16.3 Å². The van der Waals surface area contributed by atoms with Gasteiger partial charge in [-0.3, -0.25) is 0 Å². The van der Waals surface area contributed by atoms with Crippen molar-refractivity contribution in [2.45, 2.75) is 26.2 Å². The van der Waals surface area contributed by atoms with E-state index in [4.69, 9.17) is 4.98 Å². The molecule has 3 heterocycles. The first-order valence-electron chi connectivity index (χ1n) is 5.84. The van der Waals surface area contributed by atoms with E-state index in [0.29, 0.717) is 5.92 Å². The van der Waals surface area contributed by atoms with Crippen LogP contribution in [0.25, 0.3) is 10.6 Å². The zero-order chi connectivity index (χ0) is 11.8. The Balaban J connectivity index is 1.91. The minimum absolute atomic E-state index is 0.614. The van der Waals surface area contributed by atoms with Gasteiger partial charge in [-0.25, -0.2) is 9.97 Å². The summed E-state index contributed by atoms with van der Waals surface area (Å²) >= 11 is 3.53. The van der Waals surface area contributed by atoms with Crippen LogP contribution < -0.4 is 5.32 Å². The Hall–Kier alpha value is -0.780. The molecule has 0 amide bonds. The molecule has 0 radical (unpaired) electrons. The van der Waals surface area contributed by atoms with Crippen LogP contribution in [-0.4, -0.2) is 23.1 Å². The molecule has 1 fully saturated rings. The van der Waals surface area contributed by atoms with Gasteiger partial charge in [0.2, 0.25) is 0 Å². The summed E-state index contributed by atoms with van der Waals surface area (Å²) in [6.07, 6.45) is 1.22. The van der Waals surface area contributed by atoms with E-state index in [0.717, 1.165) is 29.5 Å². The molecular weight excluding hydrogens is 250 g/mol. The molecule has 0 saturated carbocycles. The molecule has 1 atom stereocenters. The number of hydrogen-bond acceptors (Lipinski definition) is 5. The lowest BCUT2D eigenvalue weighted by Crippen LogP contribution is -2.07. The summed E-state index contributed by atoms with van der Waals surface area (Å²) in [6.45, 7) is 6.32. The summed E-state index contributed by atoms with van der Waals surface area (Å²) in [5, 5.41) is 7.96. The summed E-state index contributed by atoms with van der Waals surface area (Å²) in [4.78, 5) is 10.5. The van der Waals surface area contributed by atoms with Gasteiger partial charge in [-0.2, -0.15) is 0 Å². The zero-order valence-electron chi connectivity index (χ0n) is 9.99. The van der Waals surface area contributed by atoms with Crippen molar-refractivity contribution in [1.29, 1.82) is 0 Å². The molecule has 0 bridgehead atoms. The maximum Gasteiger partial charge on any atom is 0.0977 e. The van der Waals surface area contributed by atoms with E-state index in [1.807, 2.05) is 0 Å². The molecule has 17 heavy (non-hydrogen) atoms. The molecule has 0 aromatic carbocycles. The lowest BCUT2D eigenvalue weighted by molar-refractivity contribution is 0.756. The predicted octanol–water partition coefficient (Wildman–Crippen LogP) is 2.96. The first kappa shape index (κ1) is 11.3. The second-order valence-electron chi connectivity index (χ2n) is 4.41. The van der Waals surface area contributed by atoms with Crippen molar-refractivity contribution in [1.82, 2.24) is 15.3 Å². The van der Waals surface area contributed by atoms with Crippen molar-refractivity contribution >= 4 is 22.7 Å². The maximum absolute atomic E-state index is 4.79. The van der Waals surface area contributed by atoms with Gasteiger partial charge in [0.25, 0.3) is 0 Å². The van der Waals surface area contributed by atoms with Gasteiger partial charge in [-0.05, 0) is 26.8 Å². The number of thiazole rings is 2. The van der Waals surface area contributed by atoms with Crippen LogP contribution in [0.1, 0.15) is 28.0 Å². The third-order valence-corrected chi connectivity index (χ3v) is 5.17. The topological polar surface area (TPSA) is 37.8 Å². The van der Waals surface area contributed by atoms with E-state index in [2.05, 4.69) is 29.5 Å². The quantitative estimate of drug-likeness (QED) is 0.907. The standard InChI is InChI=1S/C12H15N3S2/c1-7-11(17-8(2)14-7)10-6-16-12(15-10)9-3-4-13-5-9/h6,9,13H,3-5H2,1-2H3. The molecule has 1 unspecified atom stereocenters. The summed E-state index contributed by atoms with van der Waals surface area (Å²) < 4.78 is 0. The lowest BCUT2D eigenvalue weighted by atomic mass is 10.1. The van der Waals surface area contributed by atoms with E-state index < -0.39 is 0 Å². The smallest absolute Gasteiger partial charge is 0.0977 e. The average Bonchev–Trinajstić information content (AvgIpc) is 2.97. The Kier molecular flexibility index (Phi) is 2.98. The molecule has 0 aliphatic carbocycles. The molecule has 0 spiro atoms. The van der Waals surface area contributed by atoms with Crippen LogP contribution >= 0.6 is 22.7 Å². The van der Waals surface area contributed by atoms with Gasteiger partial charge >= 0.3 is 0 Å². The molecular formula is C12H15N3S2. The fourth-order valence-electron chi connectivity index (χ4n) is 2.21. The largest absolute Gasteiger partial charge is 0.316 e. The molecule has 1 aliphatic heterocycles. The highest BCUT2D eigenvalue weighted by molar-refractivity contribution is 7.16. The van der Waals surface area contributed by atoms with Gasteiger partial charge in [0, 0.05) is 17.8 Å². The van der Waals surface area contributed by atoms with Crippen LogP contribution in [0.15, 0.2) is 5.38 Å². The van der Waals surface area contributed by atoms with E-state index >= 15 is 0 Å². The number of aryl methyl sites for hydroxylation is 2. The monoisotopic (exact) mass is 265 g/mol. The third kappa shape index (κ3) is 2.14. The van der Waals surface area contributed by atoms with Crippen LogP contribution in [-0.2, 0) is 0 Å². The van der Waals surface area contributed by atoms with Gasteiger partial charge in [-0.15, -0.1) is 22.7 Å². The lowest BCUT2D eigenvalue weighted by Gasteiger charge is -2.01. The second kappa shape index (κ2) is 4.48. The predicted molar refractivity (Wildman–Crippen MR) is 72.9 cm³/mol. The number of nitrogens with one attached hydrogen (secondary N) is 1. The fourth-order valence-corrected chi connectivity index (χ4v) is 4.12. The van der Waals surface area contributed by atoms with Gasteiger partial charge in [0.1, 0.15) is 0 Å². The Morgan fingerprint density at radius 1 is 1.35 bits per heavy atom. The van der Waals surface area contributed by atoms with Gasteiger partial charge in [0.15, 0.2) is 0 Å². The summed E-state index contributed by atoms with van der Waals surface area (Å²) in [5.41, 5.74) is 2.22. The van der Waals surface area contributed by atoms with Crippen molar-refractivity contribution in [3.63, 3.8) is 0 Å². The number of hydrogen-bond donors (Lipinski definition) is 1. The van der Waals surface area contributed by atoms with Crippen LogP contribution in [0, 0.1) is 13.8 Å². The van der Waals surface area contributed by atoms with Crippen LogP contribution in [0.2, 0.25) is 0 Å². The molecule has 3 rings (SSSR count). The molecule has 5 heteroatoms. The Morgan fingerprint density at radius 2 is 2.24 bits per heavy atom. The average molecular weight is 265 g/mol. The van der Waals surface area contributed by atoms with Crippen LogP contribution in [0.4, 0.5) is 0 Å². The van der Waals surface area contributed by atoms with Crippen molar-refractivity contribution in [3.05, 3.63) is 21.1 Å². The number of aromatic nitrogens is 2. The van der Waals surface area contributed by atoms with Crippen LogP contribution in [0.5, 0.6) is 0 Å². The Labute approximate surface area is 109 Å². The molecule has 90 valence electrons. The molecule has 2 aromatic heterocycles. The summed E-state index contributed by atoms with van der Waals surface area (Å²) in [5.74, 6) is 0.614. The van der Waals surface area contributed by atoms with Crippen molar-refractivity contribution < 1.29 is 0 Å². The van der Waals surface area contributed by atoms with Crippen molar-refractivity contribution in [3.8, 4) is 10.6 Å². The zero-order valence-corrected chi connectivity index (χ0v) is 11.6. The van der Waals surface area contributed by atoms with Crippen molar-refractivity contribution in [2.24, 2.45) is 0 Å². The van der Waals surface area contributed by atoms with Crippen LogP contribution in [0.3, 0.4) is 0 Å². The minimum Gasteiger partial charge on any atom is -0.316 e. The Bertz CT molecular complexity index is 524. The third-order valence-electron chi connectivity index (χ3n) is 3.07. The molecule has 3 nitrogen and oxygen atoms in total. The van der Waals surface area contributed by atoms with Gasteiger partial charge in [-0.1, -0.05) is 0 Å². The van der Waals surface area contributed by atoms with E-state index in [9.17, 15) is 0 Å². The fraction of sp³-hybridized carbons (Fsp3) is 0.500. The van der Waals surface area contributed by atoms with Gasteiger partial charge in [0.05, 0.1) is 26.3 Å². The highest BCUT2D eigenvalue weighted by Gasteiger charge is 2.21. The highest BCUT2D eigenvalue weighted by atomic mass is 32.1. The summed E-state index contributed by atoms with van der Waals surface area (Å²) in [6, 6.07) is 0. The highest BCUT2D eigenvalue weighted by Crippen LogP contribution is 2.33. The first-order chi connectivity index (χ1) is 8.24. The van der Waals surface area contributed by atoms with Crippen molar-refractivity contribution in [2.75, 3.05) is 13.1 Å². The first-order valence-corrected chi connectivity index (χ1v) is 7.54. The molecule has 2 aromatic rings. The van der Waals surface area contributed by atoms with E-state index in [-0.39, 0.29) is 0 Å². The minimum atomic E-state index is 0.614. The maximum atomic E-state index is 4.79. The molecule has 1 saturated heterocycles. The SMILES string of the molecule is Cc1nc(C)c(-c2csc(C3CCNC3)n2)s1. The molecule has 1 aliphatic rings. The van der Waals surface area contributed by atoms with Gasteiger partial charge < -0.3 is 5.32 Å². The second-order valence-corrected chi connectivity index (χ2v) is 6.50. The van der Waals surface area contributed by atoms with E-state index in [1.54, 1.807) is 22.7 Å². The number of rotatable bonds is 2. The summed E-state index contributed by atoms with van der Waals surface area (Å²) in [7, 11) is 0. The molecule has 1 N–H and O–H groups in total. The normalized spacial score (nSPS) is 20.0. The number of nitrogens with zero attached hydrogens (tertiary/aromatic N) is 2.